The van der Waals surface area contributed by atoms with Gasteiger partial charge in [-0.3, -0.25) is 5.10 Å². The first-order valence-corrected chi connectivity index (χ1v) is 4.62. The summed E-state index contributed by atoms with van der Waals surface area (Å²) in [5.74, 6) is -1.46. The summed E-state index contributed by atoms with van der Waals surface area (Å²) in [6.45, 7) is 0. The Hall–Kier alpha value is -1.92. The van der Waals surface area contributed by atoms with Crippen LogP contribution < -0.4 is 0 Å². The lowest BCUT2D eigenvalue weighted by Crippen LogP contribution is -2.27. The second-order valence-electron chi connectivity index (χ2n) is 3.41. The van der Waals surface area contributed by atoms with Crippen LogP contribution in [0.4, 0.5) is 0 Å². The van der Waals surface area contributed by atoms with E-state index in [0.717, 1.165) is 0 Å². The highest BCUT2D eigenvalue weighted by Gasteiger charge is 2.26. The molecule has 0 saturated heterocycles. The normalized spacial score (nSPS) is 14.9. The van der Waals surface area contributed by atoms with Crippen LogP contribution in [-0.4, -0.2) is 37.6 Å². The number of aliphatic hydroxyl groups excluding tert-OH is 2. The number of aliphatic carboxylic acids is 1. The second kappa shape index (κ2) is 3.92. The Labute approximate surface area is 90.1 Å². The van der Waals surface area contributed by atoms with E-state index in [1.165, 1.54) is 6.20 Å². The van der Waals surface area contributed by atoms with Crippen molar-refractivity contribution in [3.05, 3.63) is 30.0 Å². The van der Waals surface area contributed by atoms with Gasteiger partial charge >= 0.3 is 5.97 Å². The number of rotatable bonds is 3. The number of hydrogen-bond donors (Lipinski definition) is 4. The summed E-state index contributed by atoms with van der Waals surface area (Å²) in [4.78, 5) is 10.6. The van der Waals surface area contributed by atoms with E-state index in [-0.39, 0.29) is 0 Å². The Balaban J connectivity index is 2.46. The fourth-order valence-electron chi connectivity index (χ4n) is 1.55. The van der Waals surface area contributed by atoms with Gasteiger partial charge < -0.3 is 15.3 Å². The van der Waals surface area contributed by atoms with Crippen LogP contribution in [0.5, 0.6) is 0 Å². The summed E-state index contributed by atoms with van der Waals surface area (Å²) in [5.41, 5.74) is 1.01. The molecule has 0 aliphatic rings. The standard InChI is InChI=1S/C10H10N2O4/c13-8(9(14)10(15)16)5-2-1-3-7-6(5)4-11-12-7/h1-4,8-9,13-14H,(H,11,12)(H,15,16). The molecule has 16 heavy (non-hydrogen) atoms. The lowest BCUT2D eigenvalue weighted by atomic mass is 10.0. The highest BCUT2D eigenvalue weighted by Crippen LogP contribution is 2.25. The number of carboxylic acids is 1. The lowest BCUT2D eigenvalue weighted by molar-refractivity contribution is -0.153. The topological polar surface area (TPSA) is 106 Å². The quantitative estimate of drug-likeness (QED) is 0.586. The Morgan fingerprint density at radius 2 is 2.12 bits per heavy atom. The van der Waals surface area contributed by atoms with Crippen molar-refractivity contribution in [1.82, 2.24) is 10.2 Å². The van der Waals surface area contributed by atoms with Crippen LogP contribution in [0.15, 0.2) is 24.4 Å². The number of carbonyl (C=O) groups is 1. The SMILES string of the molecule is O=C(O)C(O)C(O)c1cccc2[nH]ncc12. The Bertz CT molecular complexity index is 522. The number of aromatic amines is 1. The van der Waals surface area contributed by atoms with Crippen molar-refractivity contribution in [2.75, 3.05) is 0 Å². The molecular formula is C10H10N2O4. The van der Waals surface area contributed by atoms with Crippen molar-refractivity contribution < 1.29 is 20.1 Å². The van der Waals surface area contributed by atoms with Crippen molar-refractivity contribution in [2.45, 2.75) is 12.2 Å². The van der Waals surface area contributed by atoms with Gasteiger partial charge in [-0.05, 0) is 11.6 Å². The van der Waals surface area contributed by atoms with Gasteiger partial charge in [-0.2, -0.15) is 5.10 Å². The summed E-state index contributed by atoms with van der Waals surface area (Å²) >= 11 is 0. The summed E-state index contributed by atoms with van der Waals surface area (Å²) < 4.78 is 0. The molecule has 0 spiro atoms. The zero-order valence-corrected chi connectivity index (χ0v) is 8.16. The number of nitrogens with zero attached hydrogens (tertiary/aromatic N) is 1. The number of nitrogens with one attached hydrogen (secondary N) is 1. The molecule has 0 saturated carbocycles. The average molecular weight is 222 g/mol. The molecule has 0 aliphatic carbocycles. The van der Waals surface area contributed by atoms with Gasteiger partial charge in [0.05, 0.1) is 11.7 Å². The van der Waals surface area contributed by atoms with Crippen molar-refractivity contribution in [3.63, 3.8) is 0 Å². The van der Waals surface area contributed by atoms with Crippen LogP contribution >= 0.6 is 0 Å². The minimum atomic E-state index is -1.85. The van der Waals surface area contributed by atoms with E-state index < -0.39 is 18.2 Å². The van der Waals surface area contributed by atoms with E-state index in [1.54, 1.807) is 18.2 Å². The minimum Gasteiger partial charge on any atom is -0.479 e. The van der Waals surface area contributed by atoms with Crippen LogP contribution in [-0.2, 0) is 4.79 Å². The third-order valence-corrected chi connectivity index (χ3v) is 2.39. The summed E-state index contributed by atoms with van der Waals surface area (Å²) in [6, 6.07) is 4.94. The average Bonchev–Trinajstić information content (AvgIpc) is 2.74. The Morgan fingerprint density at radius 1 is 1.38 bits per heavy atom. The van der Waals surface area contributed by atoms with Crippen LogP contribution in [0, 0.1) is 0 Å². The number of fused-ring (bicyclic) bond motifs is 1. The number of hydrogen-bond acceptors (Lipinski definition) is 4. The zero-order valence-electron chi connectivity index (χ0n) is 8.16. The van der Waals surface area contributed by atoms with Crippen LogP contribution in [0.3, 0.4) is 0 Å². The summed E-state index contributed by atoms with van der Waals surface area (Å²) in [7, 11) is 0. The molecule has 0 radical (unpaired) electrons. The van der Waals surface area contributed by atoms with Crippen LogP contribution in [0.25, 0.3) is 10.9 Å². The van der Waals surface area contributed by atoms with E-state index in [0.29, 0.717) is 16.5 Å². The van der Waals surface area contributed by atoms with Crippen molar-refractivity contribution >= 4 is 16.9 Å². The monoisotopic (exact) mass is 222 g/mol. The summed E-state index contributed by atoms with van der Waals surface area (Å²) in [5, 5.41) is 34.6. The maximum atomic E-state index is 10.6. The highest BCUT2D eigenvalue weighted by molar-refractivity contribution is 5.83. The number of aromatic nitrogens is 2. The molecule has 6 heteroatoms. The predicted molar refractivity (Wildman–Crippen MR) is 54.7 cm³/mol. The Morgan fingerprint density at radius 3 is 2.81 bits per heavy atom. The van der Waals surface area contributed by atoms with Gasteiger partial charge in [0.15, 0.2) is 6.10 Å². The third-order valence-electron chi connectivity index (χ3n) is 2.39. The molecule has 0 amide bonds. The molecule has 0 aliphatic heterocycles. The van der Waals surface area contributed by atoms with Gasteiger partial charge in [-0.1, -0.05) is 12.1 Å². The molecule has 0 bridgehead atoms. The van der Waals surface area contributed by atoms with E-state index in [1.807, 2.05) is 0 Å². The van der Waals surface area contributed by atoms with Gasteiger partial charge in [-0.15, -0.1) is 0 Å². The van der Waals surface area contributed by atoms with Crippen molar-refractivity contribution in [1.29, 1.82) is 0 Å². The number of aliphatic hydroxyl groups is 2. The first-order valence-electron chi connectivity index (χ1n) is 4.62. The highest BCUT2D eigenvalue weighted by atomic mass is 16.4. The molecule has 4 N–H and O–H groups in total. The molecule has 2 rings (SSSR count). The number of carboxylic acid groups (broad SMARTS) is 1. The molecule has 6 nitrogen and oxygen atoms in total. The van der Waals surface area contributed by atoms with Crippen molar-refractivity contribution in [2.24, 2.45) is 0 Å². The molecule has 1 aromatic heterocycles. The molecule has 2 unspecified atom stereocenters. The van der Waals surface area contributed by atoms with Gasteiger partial charge in [0, 0.05) is 5.39 Å². The van der Waals surface area contributed by atoms with E-state index >= 15 is 0 Å². The van der Waals surface area contributed by atoms with Gasteiger partial charge in [-0.25, -0.2) is 4.79 Å². The molecular weight excluding hydrogens is 212 g/mol. The lowest BCUT2D eigenvalue weighted by Gasteiger charge is -2.14. The fourth-order valence-corrected chi connectivity index (χ4v) is 1.55. The van der Waals surface area contributed by atoms with E-state index in [4.69, 9.17) is 5.11 Å². The molecule has 1 aromatic carbocycles. The predicted octanol–water partition coefficient (Wildman–Crippen LogP) is 0.0418. The second-order valence-corrected chi connectivity index (χ2v) is 3.41. The van der Waals surface area contributed by atoms with E-state index in [2.05, 4.69) is 10.2 Å². The summed E-state index contributed by atoms with van der Waals surface area (Å²) in [6.07, 6.45) is -1.85. The maximum Gasteiger partial charge on any atom is 0.335 e. The van der Waals surface area contributed by atoms with Crippen LogP contribution in [0.1, 0.15) is 11.7 Å². The zero-order chi connectivity index (χ0) is 11.7. The molecule has 1 heterocycles. The molecule has 0 fully saturated rings. The fraction of sp³-hybridized carbons (Fsp3) is 0.200. The number of H-pyrrole nitrogens is 1. The number of benzene rings is 1. The van der Waals surface area contributed by atoms with Gasteiger partial charge in [0.25, 0.3) is 0 Å². The van der Waals surface area contributed by atoms with Crippen molar-refractivity contribution in [3.8, 4) is 0 Å². The molecule has 84 valence electrons. The minimum absolute atomic E-state index is 0.334. The van der Waals surface area contributed by atoms with Gasteiger partial charge in [0.2, 0.25) is 0 Å². The van der Waals surface area contributed by atoms with Crippen LogP contribution in [0.2, 0.25) is 0 Å². The maximum absolute atomic E-state index is 10.6. The molecule has 2 atom stereocenters. The third kappa shape index (κ3) is 1.64. The van der Waals surface area contributed by atoms with E-state index in [9.17, 15) is 15.0 Å². The van der Waals surface area contributed by atoms with Gasteiger partial charge in [0.1, 0.15) is 6.10 Å². The molecule has 2 aromatic rings. The Kier molecular flexibility index (Phi) is 2.59. The first kappa shape index (κ1) is 10.6. The largest absolute Gasteiger partial charge is 0.479 e. The smallest absolute Gasteiger partial charge is 0.335 e. The first-order chi connectivity index (χ1) is 7.61.